The molecule has 0 atom stereocenters. The molecule has 1 aliphatic heterocycles. The van der Waals surface area contributed by atoms with Crippen LogP contribution in [0.15, 0.2) is 29.2 Å². The van der Waals surface area contributed by atoms with Crippen LogP contribution in [0.4, 0.5) is 0 Å². The second-order valence-corrected chi connectivity index (χ2v) is 6.63. The number of nitrogens with one attached hydrogen (secondary N) is 1. The lowest BCUT2D eigenvalue weighted by molar-refractivity contribution is -0.899. The van der Waals surface area contributed by atoms with Gasteiger partial charge >= 0.3 is 0 Å². The lowest BCUT2D eigenvalue weighted by Crippen LogP contribution is -3.11. The van der Waals surface area contributed by atoms with E-state index < -0.39 is 0 Å². The summed E-state index contributed by atoms with van der Waals surface area (Å²) >= 11 is 1.90. The van der Waals surface area contributed by atoms with E-state index >= 15 is 0 Å². The Morgan fingerprint density at radius 2 is 1.63 bits per heavy atom. The summed E-state index contributed by atoms with van der Waals surface area (Å²) in [6, 6.07) is 7.54. The second-order valence-electron chi connectivity index (χ2n) is 5.46. The van der Waals surface area contributed by atoms with E-state index in [0.29, 0.717) is 5.75 Å². The van der Waals surface area contributed by atoms with Crippen LogP contribution in [0, 0.1) is 0 Å². The number of aromatic hydroxyl groups is 1. The Bertz CT molecular complexity index is 344. The minimum Gasteiger partial charge on any atom is -0.508 e. The fourth-order valence-electron chi connectivity index (χ4n) is 2.69. The van der Waals surface area contributed by atoms with E-state index in [1.807, 2.05) is 28.8 Å². The lowest BCUT2D eigenvalue weighted by atomic mass is 10.2. The third-order valence-electron chi connectivity index (χ3n) is 3.84. The van der Waals surface area contributed by atoms with Crippen LogP contribution < -0.4 is 4.90 Å². The van der Waals surface area contributed by atoms with E-state index in [2.05, 4.69) is 0 Å². The molecule has 19 heavy (non-hydrogen) atoms. The molecule has 2 N–H and O–H groups in total. The first-order chi connectivity index (χ1) is 9.34. The number of benzene rings is 1. The summed E-state index contributed by atoms with van der Waals surface area (Å²) in [6.45, 7) is 4.15. The van der Waals surface area contributed by atoms with Crippen LogP contribution in [0.5, 0.6) is 5.75 Å². The molecule has 106 valence electrons. The Balaban J connectivity index is 1.55. The van der Waals surface area contributed by atoms with E-state index in [9.17, 15) is 5.11 Å². The molecule has 0 radical (unpaired) electrons. The van der Waals surface area contributed by atoms with Crippen molar-refractivity contribution < 1.29 is 10.0 Å². The maximum Gasteiger partial charge on any atom is 0.115 e. The van der Waals surface area contributed by atoms with E-state index in [1.54, 1.807) is 12.1 Å². The van der Waals surface area contributed by atoms with Gasteiger partial charge < -0.3 is 10.0 Å². The molecular weight excluding hydrogens is 254 g/mol. The average molecular weight is 280 g/mol. The predicted octanol–water partition coefficient (Wildman–Crippen LogP) is 2.72. The molecule has 0 unspecified atom stereocenters. The van der Waals surface area contributed by atoms with Gasteiger partial charge in [-0.1, -0.05) is 0 Å². The Kier molecular flexibility index (Phi) is 6.58. The van der Waals surface area contributed by atoms with Crippen LogP contribution in [0.2, 0.25) is 0 Å². The minimum absolute atomic E-state index is 0.356. The SMILES string of the molecule is Oc1ccc(SCCCC[NH+]2CCCCCC2)cc1. The predicted molar refractivity (Wildman–Crippen MR) is 82.1 cm³/mol. The zero-order chi connectivity index (χ0) is 13.3. The second kappa shape index (κ2) is 8.49. The number of rotatable bonds is 6. The molecular formula is C16H26NOS+. The van der Waals surface area contributed by atoms with Crippen molar-refractivity contribution in [1.29, 1.82) is 0 Å². The fourth-order valence-corrected chi connectivity index (χ4v) is 3.60. The number of hydrogen-bond acceptors (Lipinski definition) is 2. The highest BCUT2D eigenvalue weighted by molar-refractivity contribution is 7.99. The maximum atomic E-state index is 9.22. The van der Waals surface area contributed by atoms with Gasteiger partial charge in [-0.3, -0.25) is 0 Å². The number of likely N-dealkylation sites (tertiary alicyclic amines) is 1. The van der Waals surface area contributed by atoms with Crippen molar-refractivity contribution in [3.63, 3.8) is 0 Å². The number of phenols is 1. The van der Waals surface area contributed by atoms with Crippen molar-refractivity contribution in [2.75, 3.05) is 25.4 Å². The first kappa shape index (κ1) is 14.7. The molecule has 0 aliphatic carbocycles. The van der Waals surface area contributed by atoms with Gasteiger partial charge in [0.2, 0.25) is 0 Å². The van der Waals surface area contributed by atoms with Crippen LogP contribution in [-0.2, 0) is 0 Å². The summed E-state index contributed by atoms with van der Waals surface area (Å²) < 4.78 is 0. The third-order valence-corrected chi connectivity index (χ3v) is 4.94. The molecule has 0 amide bonds. The largest absolute Gasteiger partial charge is 0.508 e. The summed E-state index contributed by atoms with van der Waals surface area (Å²) in [6.07, 6.45) is 8.39. The molecule has 1 fully saturated rings. The monoisotopic (exact) mass is 280 g/mol. The van der Waals surface area contributed by atoms with E-state index in [0.717, 1.165) is 0 Å². The summed E-state index contributed by atoms with van der Waals surface area (Å²) in [5, 5.41) is 9.22. The number of quaternary nitrogens is 1. The van der Waals surface area contributed by atoms with Gasteiger partial charge in [-0.2, -0.15) is 0 Å². The van der Waals surface area contributed by atoms with E-state index in [1.165, 1.54) is 68.8 Å². The lowest BCUT2D eigenvalue weighted by Gasteiger charge is -2.16. The van der Waals surface area contributed by atoms with Crippen LogP contribution in [0.25, 0.3) is 0 Å². The van der Waals surface area contributed by atoms with Crippen molar-refractivity contribution >= 4 is 11.8 Å². The zero-order valence-electron chi connectivity index (χ0n) is 11.7. The molecule has 2 nitrogen and oxygen atoms in total. The molecule has 0 bridgehead atoms. The topological polar surface area (TPSA) is 24.7 Å². The van der Waals surface area contributed by atoms with Crippen molar-refractivity contribution in [3.8, 4) is 5.75 Å². The molecule has 2 rings (SSSR count). The quantitative estimate of drug-likeness (QED) is 0.618. The molecule has 0 aromatic heterocycles. The highest BCUT2D eigenvalue weighted by Gasteiger charge is 2.11. The van der Waals surface area contributed by atoms with E-state index in [-0.39, 0.29) is 0 Å². The average Bonchev–Trinajstić information content (AvgIpc) is 2.69. The van der Waals surface area contributed by atoms with Crippen LogP contribution >= 0.6 is 11.8 Å². The van der Waals surface area contributed by atoms with E-state index in [4.69, 9.17) is 0 Å². The van der Waals surface area contributed by atoms with Gasteiger partial charge in [0.1, 0.15) is 5.75 Å². The number of hydrogen-bond donors (Lipinski definition) is 2. The highest BCUT2D eigenvalue weighted by atomic mass is 32.2. The Hall–Kier alpha value is -0.670. The zero-order valence-corrected chi connectivity index (χ0v) is 12.6. The summed E-state index contributed by atoms with van der Waals surface area (Å²) in [5.41, 5.74) is 0. The maximum absolute atomic E-state index is 9.22. The molecule has 3 heteroatoms. The number of phenolic OH excluding ortho intramolecular Hbond substituents is 1. The smallest absolute Gasteiger partial charge is 0.115 e. The van der Waals surface area contributed by atoms with Crippen LogP contribution in [-0.4, -0.2) is 30.5 Å². The molecule has 0 saturated carbocycles. The summed E-state index contributed by atoms with van der Waals surface area (Å²) in [4.78, 5) is 3.09. The fraction of sp³-hybridized carbons (Fsp3) is 0.625. The normalized spacial score (nSPS) is 17.3. The standard InChI is InChI=1S/C16H25NOS/c18-15-7-9-16(10-8-15)19-14-6-5-13-17-11-3-1-2-4-12-17/h7-10,18H,1-6,11-14H2/p+1. The molecule has 1 aromatic carbocycles. The number of unbranched alkanes of at least 4 members (excludes halogenated alkanes) is 1. The molecule has 1 heterocycles. The van der Waals surface area contributed by atoms with Gasteiger partial charge in [0.25, 0.3) is 0 Å². The summed E-state index contributed by atoms with van der Waals surface area (Å²) in [5.74, 6) is 1.55. The van der Waals surface area contributed by atoms with Gasteiger partial charge in [0.05, 0.1) is 19.6 Å². The Morgan fingerprint density at radius 1 is 0.947 bits per heavy atom. The first-order valence-corrected chi connectivity index (χ1v) is 8.58. The van der Waals surface area contributed by atoms with Crippen molar-refractivity contribution in [1.82, 2.24) is 0 Å². The third kappa shape index (κ3) is 5.87. The van der Waals surface area contributed by atoms with Crippen molar-refractivity contribution in [2.24, 2.45) is 0 Å². The highest BCUT2D eigenvalue weighted by Crippen LogP contribution is 2.21. The van der Waals surface area contributed by atoms with Crippen LogP contribution in [0.3, 0.4) is 0 Å². The molecule has 1 aromatic rings. The van der Waals surface area contributed by atoms with Crippen molar-refractivity contribution in [2.45, 2.75) is 43.4 Å². The Morgan fingerprint density at radius 3 is 2.32 bits per heavy atom. The molecule has 1 aliphatic rings. The summed E-state index contributed by atoms with van der Waals surface area (Å²) in [7, 11) is 0. The minimum atomic E-state index is 0.356. The molecule has 0 spiro atoms. The van der Waals surface area contributed by atoms with Crippen molar-refractivity contribution in [3.05, 3.63) is 24.3 Å². The Labute approximate surface area is 121 Å². The van der Waals surface area contributed by atoms with Crippen LogP contribution in [0.1, 0.15) is 38.5 Å². The van der Waals surface area contributed by atoms with Gasteiger partial charge in [-0.25, -0.2) is 0 Å². The molecule has 1 saturated heterocycles. The van der Waals surface area contributed by atoms with Gasteiger partial charge in [0, 0.05) is 4.90 Å². The van der Waals surface area contributed by atoms with Gasteiger partial charge in [0.15, 0.2) is 0 Å². The first-order valence-electron chi connectivity index (χ1n) is 7.60. The van der Waals surface area contributed by atoms with Gasteiger partial charge in [-0.05, 0) is 68.5 Å². The number of thioether (sulfide) groups is 1. The van der Waals surface area contributed by atoms with Gasteiger partial charge in [-0.15, -0.1) is 11.8 Å².